The summed E-state index contributed by atoms with van der Waals surface area (Å²) in [4.78, 5) is 20.0. The first-order valence-corrected chi connectivity index (χ1v) is 9.72. The van der Waals surface area contributed by atoms with E-state index in [1.807, 2.05) is 42.5 Å². The van der Waals surface area contributed by atoms with Gasteiger partial charge in [-0.2, -0.15) is 10.5 Å². The van der Waals surface area contributed by atoms with Crippen molar-refractivity contribution in [3.63, 3.8) is 0 Å². The molecule has 2 aromatic carbocycles. The zero-order chi connectivity index (χ0) is 22.1. The molecule has 1 saturated carbocycles. The van der Waals surface area contributed by atoms with Crippen molar-refractivity contribution < 1.29 is 14.3 Å². The number of nitrogens with two attached hydrogens (primary N) is 1. The van der Waals surface area contributed by atoms with Crippen molar-refractivity contribution in [2.24, 2.45) is 21.6 Å². The molecule has 3 atom stereocenters. The molecule has 0 aromatic heterocycles. The zero-order valence-corrected chi connectivity index (χ0v) is 17.0. The number of amides is 1. The Kier molecular flexibility index (Phi) is 3.67. The number of hydrogen-bond donors (Lipinski definition) is 1. The van der Waals surface area contributed by atoms with Crippen molar-refractivity contribution in [1.29, 1.82) is 10.5 Å². The largest absolute Gasteiger partial charge is 0.386 e. The molecule has 3 aliphatic rings. The lowest BCUT2D eigenvalue weighted by molar-refractivity contribution is -0.233. The SMILES string of the molecule is COC1(OC)N=C(N)[C@@]2(C#N)[C@]3(C(=O)N(Cc4ccccc4)c4ccccc43)[C@]12C#N. The van der Waals surface area contributed by atoms with Crippen molar-refractivity contribution in [2.75, 3.05) is 19.1 Å². The van der Waals surface area contributed by atoms with Gasteiger partial charge in [0.2, 0.25) is 5.91 Å². The quantitative estimate of drug-likeness (QED) is 0.763. The van der Waals surface area contributed by atoms with Gasteiger partial charge in [-0.15, -0.1) is 0 Å². The van der Waals surface area contributed by atoms with Gasteiger partial charge in [0.05, 0.1) is 18.7 Å². The summed E-state index contributed by atoms with van der Waals surface area (Å²) in [5.74, 6) is -2.41. The third kappa shape index (κ3) is 1.67. The number of benzene rings is 2. The van der Waals surface area contributed by atoms with Crippen molar-refractivity contribution in [3.8, 4) is 12.1 Å². The number of nitriles is 2. The van der Waals surface area contributed by atoms with E-state index in [1.54, 1.807) is 17.0 Å². The average Bonchev–Trinajstić information content (AvgIpc) is 3.21. The number of para-hydroxylation sites is 1. The van der Waals surface area contributed by atoms with Crippen LogP contribution in [0.5, 0.6) is 0 Å². The first kappa shape index (κ1) is 19.3. The van der Waals surface area contributed by atoms with E-state index in [0.29, 0.717) is 11.3 Å². The van der Waals surface area contributed by atoms with E-state index < -0.39 is 28.1 Å². The van der Waals surface area contributed by atoms with E-state index in [-0.39, 0.29) is 12.4 Å². The Labute approximate surface area is 179 Å². The molecular formula is C23H19N5O3. The second kappa shape index (κ2) is 5.92. The number of anilines is 1. The van der Waals surface area contributed by atoms with Crippen LogP contribution in [0.15, 0.2) is 59.6 Å². The van der Waals surface area contributed by atoms with E-state index >= 15 is 0 Å². The van der Waals surface area contributed by atoms with Crippen LogP contribution in [-0.2, 0) is 26.2 Å². The van der Waals surface area contributed by atoms with Crippen molar-refractivity contribution in [2.45, 2.75) is 17.9 Å². The number of amidine groups is 1. The lowest BCUT2D eigenvalue weighted by atomic mass is 9.84. The van der Waals surface area contributed by atoms with Crippen molar-refractivity contribution >= 4 is 17.4 Å². The van der Waals surface area contributed by atoms with Crippen molar-refractivity contribution in [1.82, 2.24) is 0 Å². The second-order valence-electron chi connectivity index (χ2n) is 7.85. The minimum absolute atomic E-state index is 0.134. The van der Waals surface area contributed by atoms with Gasteiger partial charge in [-0.25, -0.2) is 4.99 Å². The maximum atomic E-state index is 14.2. The molecule has 0 bridgehead atoms. The molecule has 0 radical (unpaired) electrons. The molecule has 8 nitrogen and oxygen atoms in total. The first-order valence-electron chi connectivity index (χ1n) is 9.72. The van der Waals surface area contributed by atoms with E-state index in [4.69, 9.17) is 15.2 Å². The number of rotatable bonds is 4. The zero-order valence-electron chi connectivity index (χ0n) is 17.0. The van der Waals surface area contributed by atoms with E-state index in [9.17, 15) is 15.3 Å². The molecule has 1 fully saturated rings. The number of carbonyl (C=O) groups excluding carboxylic acids is 1. The Morgan fingerprint density at radius 3 is 2.29 bits per heavy atom. The first-order chi connectivity index (χ1) is 15.0. The molecule has 1 amide bonds. The maximum Gasteiger partial charge on any atom is 0.293 e. The molecular weight excluding hydrogens is 394 g/mol. The summed E-state index contributed by atoms with van der Waals surface area (Å²) in [6.07, 6.45) is 0. The Morgan fingerprint density at radius 2 is 1.68 bits per heavy atom. The van der Waals surface area contributed by atoms with E-state index in [0.717, 1.165) is 5.56 Å². The van der Waals surface area contributed by atoms with Crippen LogP contribution in [0.2, 0.25) is 0 Å². The molecule has 0 unspecified atom stereocenters. The van der Waals surface area contributed by atoms with Gasteiger partial charge in [-0.1, -0.05) is 48.5 Å². The summed E-state index contributed by atoms with van der Waals surface area (Å²) in [7, 11) is 2.65. The number of nitrogens with zero attached hydrogens (tertiary/aromatic N) is 4. The van der Waals surface area contributed by atoms with Crippen molar-refractivity contribution in [3.05, 3.63) is 65.7 Å². The molecule has 31 heavy (non-hydrogen) atoms. The van der Waals surface area contributed by atoms with E-state index in [1.165, 1.54) is 14.2 Å². The highest BCUT2D eigenvalue weighted by molar-refractivity contribution is 6.21. The summed E-state index contributed by atoms with van der Waals surface area (Å²) in [5, 5.41) is 20.8. The lowest BCUT2D eigenvalue weighted by Gasteiger charge is -2.31. The smallest absolute Gasteiger partial charge is 0.293 e. The van der Waals surface area contributed by atoms with E-state index in [2.05, 4.69) is 17.1 Å². The monoisotopic (exact) mass is 413 g/mol. The molecule has 2 aliphatic heterocycles. The standard InChI is InChI=1S/C23H19N5O3/c1-30-23(31-2)21(14-25)20(13-24,18(26)27-23)22(21)16-10-6-7-11-17(16)28(19(22)29)12-15-8-4-3-5-9-15/h3-11H,12H2,1-2H3,(H2,26,27)/t20-,21-,22+/m1/s1. The van der Waals surface area contributed by atoms with Gasteiger partial charge in [0.1, 0.15) is 11.3 Å². The molecule has 5 rings (SSSR count). The van der Waals surface area contributed by atoms with Gasteiger partial charge >= 0.3 is 0 Å². The Bertz CT molecular complexity index is 1230. The molecule has 154 valence electrons. The van der Waals surface area contributed by atoms with Crippen LogP contribution in [0.4, 0.5) is 5.69 Å². The fraction of sp³-hybridized carbons (Fsp3) is 0.304. The van der Waals surface area contributed by atoms with Gasteiger partial charge in [-0.05, 0) is 17.2 Å². The summed E-state index contributed by atoms with van der Waals surface area (Å²) >= 11 is 0. The van der Waals surface area contributed by atoms with Crippen LogP contribution in [0.1, 0.15) is 11.1 Å². The summed E-state index contributed by atoms with van der Waals surface area (Å²) in [5.41, 5.74) is 3.29. The molecule has 1 spiro atoms. The number of aliphatic imine (C=N–C) groups is 1. The second-order valence-corrected chi connectivity index (χ2v) is 7.85. The van der Waals surface area contributed by atoms with Crippen LogP contribution in [-0.4, -0.2) is 31.9 Å². The molecule has 0 saturated heterocycles. The molecule has 2 aromatic rings. The Balaban J connectivity index is 1.79. The minimum atomic E-state index is -1.88. The van der Waals surface area contributed by atoms with Crippen LogP contribution < -0.4 is 10.6 Å². The molecule has 2 N–H and O–H groups in total. The third-order valence-corrected chi connectivity index (χ3v) is 6.99. The van der Waals surface area contributed by atoms with Gasteiger partial charge in [-0.3, -0.25) is 4.79 Å². The highest BCUT2D eigenvalue weighted by atomic mass is 16.7. The summed E-state index contributed by atoms with van der Waals surface area (Å²) < 4.78 is 11.1. The summed E-state index contributed by atoms with van der Waals surface area (Å²) in [6.45, 7) is 0.283. The Hall–Kier alpha value is -3.72. The van der Waals surface area contributed by atoms with Crippen LogP contribution in [0, 0.1) is 33.5 Å². The number of fused-ring (bicyclic) bond motifs is 5. The number of hydrogen-bond acceptors (Lipinski definition) is 7. The number of ether oxygens (including phenoxy) is 2. The third-order valence-electron chi connectivity index (χ3n) is 6.99. The fourth-order valence-electron chi connectivity index (χ4n) is 5.79. The number of methoxy groups -OCH3 is 2. The van der Waals surface area contributed by atoms with Crippen LogP contribution in [0.3, 0.4) is 0 Å². The van der Waals surface area contributed by atoms with Gasteiger partial charge in [0, 0.05) is 19.9 Å². The fourth-order valence-corrected chi connectivity index (χ4v) is 5.79. The maximum absolute atomic E-state index is 14.2. The predicted octanol–water partition coefficient (Wildman–Crippen LogP) is 1.82. The number of carbonyl (C=O) groups is 1. The summed E-state index contributed by atoms with van der Waals surface area (Å²) in [6, 6.07) is 21.1. The molecule has 2 heterocycles. The topological polar surface area (TPSA) is 125 Å². The highest BCUT2D eigenvalue weighted by Crippen LogP contribution is 2.87. The molecule has 8 heteroatoms. The van der Waals surface area contributed by atoms with Gasteiger partial charge in [0.15, 0.2) is 10.8 Å². The lowest BCUT2D eigenvalue weighted by Crippen LogP contribution is -2.48. The van der Waals surface area contributed by atoms with Crippen LogP contribution in [0.25, 0.3) is 0 Å². The van der Waals surface area contributed by atoms with Gasteiger partial charge in [0.25, 0.3) is 5.91 Å². The Morgan fingerprint density at radius 1 is 1.03 bits per heavy atom. The highest BCUT2D eigenvalue weighted by Gasteiger charge is 3.05. The average molecular weight is 413 g/mol. The van der Waals surface area contributed by atoms with Crippen LogP contribution >= 0.6 is 0 Å². The minimum Gasteiger partial charge on any atom is -0.386 e. The predicted molar refractivity (Wildman–Crippen MR) is 110 cm³/mol. The van der Waals surface area contributed by atoms with Gasteiger partial charge < -0.3 is 20.1 Å². The molecule has 1 aliphatic carbocycles. The normalized spacial score (nSPS) is 31.5.